The number of hydrogen-bond donors (Lipinski definition) is 3. The lowest BCUT2D eigenvalue weighted by molar-refractivity contribution is 0.188. The summed E-state index contributed by atoms with van der Waals surface area (Å²) in [5, 5.41) is 6.77. The molecule has 0 unspecified atom stereocenters. The van der Waals surface area contributed by atoms with Gasteiger partial charge in [0, 0.05) is 32.2 Å². The predicted molar refractivity (Wildman–Crippen MR) is 107 cm³/mol. The van der Waals surface area contributed by atoms with E-state index in [0.29, 0.717) is 11.5 Å². The van der Waals surface area contributed by atoms with E-state index in [2.05, 4.69) is 43.3 Å². The van der Waals surface area contributed by atoms with Crippen LogP contribution >= 0.6 is 24.0 Å². The number of urea groups is 1. The third-order valence-electron chi connectivity index (χ3n) is 3.85. The number of halogens is 1. The summed E-state index contributed by atoms with van der Waals surface area (Å²) in [5.74, 6) is 0.883. The first-order chi connectivity index (χ1) is 10.3. The molecule has 136 valence electrons. The molecule has 0 bridgehead atoms. The first kappa shape index (κ1) is 22.3. The van der Waals surface area contributed by atoms with Crippen molar-refractivity contribution in [3.05, 3.63) is 0 Å². The standard InChI is InChI=1S/C16H33N5O.HI/c1-5-18-15(19-10-6-9-16(2,3)4)20-13-7-11-21(12-8-13)14(17)22;/h13H,5-12H2,1-4H3,(H2,17,22)(H2,18,19,20);1H. The Hall–Kier alpha value is -0.730. The molecular weight excluding hydrogens is 405 g/mol. The largest absolute Gasteiger partial charge is 0.357 e. The van der Waals surface area contributed by atoms with E-state index < -0.39 is 0 Å². The highest BCUT2D eigenvalue weighted by Gasteiger charge is 2.21. The number of carbonyl (C=O) groups is 1. The Morgan fingerprint density at radius 2 is 1.91 bits per heavy atom. The molecule has 4 N–H and O–H groups in total. The van der Waals surface area contributed by atoms with Crippen molar-refractivity contribution in [2.24, 2.45) is 16.1 Å². The lowest BCUT2D eigenvalue weighted by Crippen LogP contribution is -2.50. The maximum Gasteiger partial charge on any atom is 0.314 e. The van der Waals surface area contributed by atoms with Crippen molar-refractivity contribution in [2.75, 3.05) is 26.2 Å². The Labute approximate surface area is 158 Å². The van der Waals surface area contributed by atoms with Gasteiger partial charge in [-0.1, -0.05) is 20.8 Å². The van der Waals surface area contributed by atoms with E-state index in [1.807, 2.05) is 0 Å². The number of hydrogen-bond acceptors (Lipinski definition) is 2. The monoisotopic (exact) mass is 439 g/mol. The quantitative estimate of drug-likeness (QED) is 0.267. The normalized spacial score (nSPS) is 16.7. The van der Waals surface area contributed by atoms with Crippen molar-refractivity contribution < 1.29 is 4.79 Å². The van der Waals surface area contributed by atoms with Crippen LogP contribution in [0, 0.1) is 5.41 Å². The van der Waals surface area contributed by atoms with Crippen molar-refractivity contribution in [1.82, 2.24) is 15.5 Å². The van der Waals surface area contributed by atoms with E-state index in [1.165, 1.54) is 6.42 Å². The SMILES string of the molecule is CCNC(=NCCCC(C)(C)C)NC1CCN(C(N)=O)CC1.I. The molecule has 7 heteroatoms. The van der Waals surface area contributed by atoms with Gasteiger partial charge in [0.2, 0.25) is 0 Å². The number of amides is 2. The summed E-state index contributed by atoms with van der Waals surface area (Å²) in [5.41, 5.74) is 5.67. The van der Waals surface area contributed by atoms with Gasteiger partial charge in [0.1, 0.15) is 0 Å². The molecule has 0 saturated carbocycles. The Bertz CT molecular complexity index is 373. The lowest BCUT2D eigenvalue weighted by Gasteiger charge is -2.32. The van der Waals surface area contributed by atoms with Gasteiger partial charge in [-0.05, 0) is 38.0 Å². The smallest absolute Gasteiger partial charge is 0.314 e. The molecule has 2 amide bonds. The third-order valence-corrected chi connectivity index (χ3v) is 3.85. The van der Waals surface area contributed by atoms with E-state index in [0.717, 1.165) is 51.4 Å². The Morgan fingerprint density at radius 3 is 2.39 bits per heavy atom. The number of primary amides is 1. The molecule has 1 aliphatic rings. The number of aliphatic imine (C=N–C) groups is 1. The molecule has 0 radical (unpaired) electrons. The molecule has 1 rings (SSSR count). The maximum absolute atomic E-state index is 11.1. The van der Waals surface area contributed by atoms with Crippen molar-refractivity contribution in [1.29, 1.82) is 0 Å². The highest BCUT2D eigenvalue weighted by molar-refractivity contribution is 14.0. The minimum absolute atomic E-state index is 0. The minimum atomic E-state index is -0.318. The summed E-state index contributed by atoms with van der Waals surface area (Å²) in [7, 11) is 0. The number of nitrogens with one attached hydrogen (secondary N) is 2. The van der Waals surface area contributed by atoms with Gasteiger partial charge in [-0.15, -0.1) is 24.0 Å². The molecule has 0 atom stereocenters. The molecule has 6 nitrogen and oxygen atoms in total. The Balaban J connectivity index is 0.00000484. The number of guanidine groups is 1. The zero-order valence-electron chi connectivity index (χ0n) is 15.0. The van der Waals surface area contributed by atoms with Crippen LogP contribution in [0.25, 0.3) is 0 Å². The number of rotatable bonds is 5. The summed E-state index contributed by atoms with van der Waals surface area (Å²) < 4.78 is 0. The van der Waals surface area contributed by atoms with Gasteiger partial charge >= 0.3 is 6.03 Å². The summed E-state index contributed by atoms with van der Waals surface area (Å²) in [6.45, 7) is 12.0. The lowest BCUT2D eigenvalue weighted by atomic mass is 9.91. The molecular formula is C16H34IN5O. The van der Waals surface area contributed by atoms with Crippen LogP contribution in [0.2, 0.25) is 0 Å². The van der Waals surface area contributed by atoms with Crippen LogP contribution < -0.4 is 16.4 Å². The summed E-state index contributed by atoms with van der Waals surface area (Å²) in [6.07, 6.45) is 4.10. The zero-order valence-corrected chi connectivity index (χ0v) is 17.4. The summed E-state index contributed by atoms with van der Waals surface area (Å²) >= 11 is 0. The third kappa shape index (κ3) is 9.88. The molecule has 0 aromatic rings. The van der Waals surface area contributed by atoms with Gasteiger partial charge in [0.15, 0.2) is 5.96 Å². The van der Waals surface area contributed by atoms with Crippen LogP contribution in [0.4, 0.5) is 4.79 Å². The van der Waals surface area contributed by atoms with Gasteiger partial charge in [0.25, 0.3) is 0 Å². The van der Waals surface area contributed by atoms with E-state index in [1.54, 1.807) is 4.90 Å². The highest BCUT2D eigenvalue weighted by Crippen LogP contribution is 2.20. The first-order valence-corrected chi connectivity index (χ1v) is 8.41. The average Bonchev–Trinajstić information content (AvgIpc) is 2.43. The zero-order chi connectivity index (χ0) is 16.6. The van der Waals surface area contributed by atoms with Crippen LogP contribution in [0.15, 0.2) is 4.99 Å². The first-order valence-electron chi connectivity index (χ1n) is 8.41. The minimum Gasteiger partial charge on any atom is -0.357 e. The average molecular weight is 439 g/mol. The molecule has 0 aliphatic carbocycles. The van der Waals surface area contributed by atoms with Gasteiger partial charge in [-0.25, -0.2) is 4.79 Å². The second-order valence-electron chi connectivity index (χ2n) is 7.17. The number of nitrogens with zero attached hydrogens (tertiary/aromatic N) is 2. The topological polar surface area (TPSA) is 82.8 Å². The van der Waals surface area contributed by atoms with Gasteiger partial charge in [-0.2, -0.15) is 0 Å². The summed E-state index contributed by atoms with van der Waals surface area (Å²) in [6, 6.07) is 0.0391. The number of piperidine rings is 1. The predicted octanol–water partition coefficient (Wildman–Crippen LogP) is 2.53. The molecule has 1 aliphatic heterocycles. The second-order valence-corrected chi connectivity index (χ2v) is 7.17. The molecule has 1 saturated heterocycles. The van der Waals surface area contributed by atoms with Crippen LogP contribution in [0.3, 0.4) is 0 Å². The fourth-order valence-corrected chi connectivity index (χ4v) is 2.56. The second kappa shape index (κ2) is 10.9. The molecule has 0 aromatic carbocycles. The van der Waals surface area contributed by atoms with E-state index in [-0.39, 0.29) is 30.0 Å². The Morgan fingerprint density at radius 1 is 1.30 bits per heavy atom. The van der Waals surface area contributed by atoms with Crippen LogP contribution in [-0.2, 0) is 0 Å². The number of nitrogens with two attached hydrogens (primary N) is 1. The molecule has 0 aromatic heterocycles. The number of carbonyl (C=O) groups excluding carboxylic acids is 1. The van der Waals surface area contributed by atoms with Crippen LogP contribution in [0.1, 0.15) is 53.4 Å². The van der Waals surface area contributed by atoms with E-state index in [4.69, 9.17) is 5.73 Å². The fourth-order valence-electron chi connectivity index (χ4n) is 2.56. The van der Waals surface area contributed by atoms with Crippen molar-refractivity contribution in [2.45, 2.75) is 59.4 Å². The van der Waals surface area contributed by atoms with Crippen molar-refractivity contribution in [3.63, 3.8) is 0 Å². The van der Waals surface area contributed by atoms with E-state index >= 15 is 0 Å². The van der Waals surface area contributed by atoms with Crippen LogP contribution in [0.5, 0.6) is 0 Å². The van der Waals surface area contributed by atoms with Crippen molar-refractivity contribution in [3.8, 4) is 0 Å². The highest BCUT2D eigenvalue weighted by atomic mass is 127. The Kier molecular flexibility index (Phi) is 10.6. The van der Waals surface area contributed by atoms with Crippen LogP contribution in [-0.4, -0.2) is 49.1 Å². The molecule has 1 heterocycles. The maximum atomic E-state index is 11.1. The van der Waals surface area contributed by atoms with Crippen molar-refractivity contribution >= 4 is 36.0 Å². The molecule has 0 spiro atoms. The molecule has 23 heavy (non-hydrogen) atoms. The van der Waals surface area contributed by atoms with Gasteiger partial charge in [0.05, 0.1) is 0 Å². The molecule has 1 fully saturated rings. The fraction of sp³-hybridized carbons (Fsp3) is 0.875. The van der Waals surface area contributed by atoms with E-state index in [9.17, 15) is 4.79 Å². The van der Waals surface area contributed by atoms with Gasteiger partial charge in [-0.3, -0.25) is 4.99 Å². The summed E-state index contributed by atoms with van der Waals surface area (Å²) in [4.78, 5) is 17.5. The number of likely N-dealkylation sites (tertiary alicyclic amines) is 1. The van der Waals surface area contributed by atoms with Gasteiger partial charge < -0.3 is 21.3 Å².